The largest absolute Gasteiger partial charge is 0.647 e. The highest BCUT2D eigenvalue weighted by molar-refractivity contribution is 7.49. The van der Waals surface area contributed by atoms with Gasteiger partial charge < -0.3 is 27.8 Å². The Morgan fingerprint density at radius 2 is 0.523 bits per heavy atom. The third kappa shape index (κ3) is 7.40. The van der Waals surface area contributed by atoms with Crippen LogP contribution in [0.3, 0.4) is 0 Å². The maximum absolute atomic E-state index is 14.7. The molecule has 0 amide bonds. The van der Waals surface area contributed by atoms with Gasteiger partial charge in [-0.1, -0.05) is 91.0 Å². The Morgan fingerprint density at radius 1 is 0.295 bits per heavy atom. The molecular formula is C36H27O7P. The lowest BCUT2D eigenvalue weighted by atomic mass is 10.3. The molecule has 44 heavy (non-hydrogen) atoms. The van der Waals surface area contributed by atoms with Crippen LogP contribution < -0.4 is 27.8 Å². The Kier molecular flexibility index (Phi) is 8.77. The SMILES string of the molecule is O=P(Oc1ccccc1Oc1ccccc1)(Oc1ccccc1Oc1ccccc1)Oc1ccccc1Oc1ccccc1. The molecule has 0 radical (unpaired) electrons. The third-order valence-corrected chi connectivity index (χ3v) is 7.35. The Morgan fingerprint density at radius 3 is 0.795 bits per heavy atom. The zero-order valence-corrected chi connectivity index (χ0v) is 24.3. The molecule has 8 heteroatoms. The number of ether oxygens (including phenoxy) is 3. The number of hydrogen-bond acceptors (Lipinski definition) is 7. The highest BCUT2D eigenvalue weighted by Crippen LogP contribution is 2.55. The first-order valence-electron chi connectivity index (χ1n) is 13.8. The smallest absolute Gasteiger partial charge is 0.453 e. The zero-order chi connectivity index (χ0) is 30.0. The van der Waals surface area contributed by atoms with Crippen LogP contribution in [0, 0.1) is 0 Å². The van der Waals surface area contributed by atoms with Crippen LogP contribution in [0.2, 0.25) is 0 Å². The second kappa shape index (κ2) is 13.6. The van der Waals surface area contributed by atoms with Crippen molar-refractivity contribution >= 4 is 7.82 Å². The summed E-state index contributed by atoms with van der Waals surface area (Å²) in [7, 11) is -4.52. The van der Waals surface area contributed by atoms with E-state index in [9.17, 15) is 4.57 Å². The summed E-state index contributed by atoms with van der Waals surface area (Å²) in [6.45, 7) is 0. The van der Waals surface area contributed by atoms with E-state index in [1.54, 1.807) is 109 Å². The van der Waals surface area contributed by atoms with Crippen LogP contribution in [-0.2, 0) is 4.57 Å². The number of hydrogen-bond donors (Lipinski definition) is 0. The Labute approximate surface area is 255 Å². The number of phosphoric ester groups is 1. The predicted octanol–water partition coefficient (Wildman–Crippen LogP) is 10.7. The van der Waals surface area contributed by atoms with E-state index in [0.717, 1.165) is 0 Å². The normalized spacial score (nSPS) is 10.8. The van der Waals surface area contributed by atoms with Crippen molar-refractivity contribution in [2.75, 3.05) is 0 Å². The van der Waals surface area contributed by atoms with Crippen molar-refractivity contribution < 1.29 is 32.3 Å². The number of phosphoric acid groups is 1. The molecule has 0 fully saturated rings. The Balaban J connectivity index is 1.36. The van der Waals surface area contributed by atoms with Gasteiger partial charge in [0.1, 0.15) is 17.2 Å². The first-order chi connectivity index (χ1) is 21.6. The lowest BCUT2D eigenvalue weighted by molar-refractivity contribution is 0.284. The van der Waals surface area contributed by atoms with Crippen LogP contribution in [0.15, 0.2) is 164 Å². The van der Waals surface area contributed by atoms with Gasteiger partial charge in [0.25, 0.3) is 0 Å². The van der Waals surface area contributed by atoms with Crippen molar-refractivity contribution in [1.82, 2.24) is 0 Å². The lowest BCUT2D eigenvalue weighted by Gasteiger charge is -2.22. The monoisotopic (exact) mass is 602 g/mol. The molecule has 0 N–H and O–H groups in total. The molecule has 0 aliphatic carbocycles. The Bertz CT molecular complexity index is 1630. The molecule has 0 aliphatic heterocycles. The fourth-order valence-corrected chi connectivity index (χ4v) is 5.38. The van der Waals surface area contributed by atoms with Crippen LogP contribution >= 0.6 is 7.82 Å². The van der Waals surface area contributed by atoms with Crippen molar-refractivity contribution in [3.63, 3.8) is 0 Å². The molecule has 0 aliphatic rings. The van der Waals surface area contributed by atoms with Crippen LogP contribution in [0.1, 0.15) is 0 Å². The van der Waals surface area contributed by atoms with Gasteiger partial charge in [0.05, 0.1) is 0 Å². The van der Waals surface area contributed by atoms with Gasteiger partial charge >= 0.3 is 7.82 Å². The molecule has 0 bridgehead atoms. The summed E-state index contributed by atoms with van der Waals surface area (Å²) in [5, 5.41) is 0. The van der Waals surface area contributed by atoms with Gasteiger partial charge in [-0.25, -0.2) is 0 Å². The van der Waals surface area contributed by atoms with Gasteiger partial charge in [0, 0.05) is 0 Å². The molecule has 0 saturated carbocycles. The fourth-order valence-electron chi connectivity index (χ4n) is 4.09. The predicted molar refractivity (Wildman–Crippen MR) is 168 cm³/mol. The number of rotatable bonds is 12. The van der Waals surface area contributed by atoms with Crippen molar-refractivity contribution in [3.05, 3.63) is 164 Å². The zero-order valence-electron chi connectivity index (χ0n) is 23.4. The minimum atomic E-state index is -4.52. The minimum Gasteiger partial charge on any atom is -0.453 e. The molecule has 0 heterocycles. The van der Waals surface area contributed by atoms with Crippen molar-refractivity contribution in [2.24, 2.45) is 0 Å². The summed E-state index contributed by atoms with van der Waals surface area (Å²) in [6, 6.07) is 48.1. The van der Waals surface area contributed by atoms with Crippen molar-refractivity contribution in [1.29, 1.82) is 0 Å². The van der Waals surface area contributed by atoms with Gasteiger partial charge in [0.2, 0.25) is 0 Å². The highest BCUT2D eigenvalue weighted by Gasteiger charge is 2.36. The fraction of sp³-hybridized carbons (Fsp3) is 0. The molecule has 6 rings (SSSR count). The maximum atomic E-state index is 14.7. The topological polar surface area (TPSA) is 72.5 Å². The summed E-state index contributed by atoms with van der Waals surface area (Å²) in [4.78, 5) is 0. The first kappa shape index (κ1) is 28.5. The molecule has 218 valence electrons. The van der Waals surface area contributed by atoms with E-state index in [1.807, 2.05) is 54.6 Å². The summed E-state index contributed by atoms with van der Waals surface area (Å²) >= 11 is 0. The molecule has 7 nitrogen and oxygen atoms in total. The third-order valence-electron chi connectivity index (χ3n) is 6.09. The molecule has 0 atom stereocenters. The van der Waals surface area contributed by atoms with E-state index >= 15 is 0 Å². The highest BCUT2D eigenvalue weighted by atomic mass is 31.2. The van der Waals surface area contributed by atoms with Gasteiger partial charge in [-0.15, -0.1) is 0 Å². The summed E-state index contributed by atoms with van der Waals surface area (Å²) in [5.41, 5.74) is 0. The molecule has 6 aromatic rings. The van der Waals surface area contributed by atoms with Crippen LogP contribution in [0.25, 0.3) is 0 Å². The van der Waals surface area contributed by atoms with Crippen LogP contribution in [0.4, 0.5) is 0 Å². The average Bonchev–Trinajstić information content (AvgIpc) is 3.05. The van der Waals surface area contributed by atoms with Crippen LogP contribution in [-0.4, -0.2) is 0 Å². The second-order valence-electron chi connectivity index (χ2n) is 9.31. The molecule has 0 saturated heterocycles. The van der Waals surface area contributed by atoms with E-state index in [4.69, 9.17) is 27.8 Å². The molecular weight excluding hydrogens is 575 g/mol. The van der Waals surface area contributed by atoms with Crippen molar-refractivity contribution in [2.45, 2.75) is 0 Å². The van der Waals surface area contributed by atoms with Crippen molar-refractivity contribution in [3.8, 4) is 51.7 Å². The van der Waals surface area contributed by atoms with Gasteiger partial charge in [-0.3, -0.25) is 0 Å². The summed E-state index contributed by atoms with van der Waals surface area (Å²) in [5.74, 6) is 3.08. The van der Waals surface area contributed by atoms with E-state index in [0.29, 0.717) is 34.5 Å². The van der Waals surface area contributed by atoms with E-state index in [1.165, 1.54) is 0 Å². The molecule has 0 unspecified atom stereocenters. The standard InChI is InChI=1S/C36H27O7P/c37-44(41-34-25-13-10-22-31(34)38-28-16-4-1-5-17-28,42-35-26-14-11-23-32(35)39-29-18-6-2-7-19-29)43-36-27-15-12-24-33(36)40-30-20-8-3-9-21-30/h1-27H. The van der Waals surface area contributed by atoms with Crippen LogP contribution in [0.5, 0.6) is 51.7 Å². The second-order valence-corrected chi connectivity index (χ2v) is 10.7. The molecule has 0 spiro atoms. The van der Waals surface area contributed by atoms with Gasteiger partial charge in [0.15, 0.2) is 34.5 Å². The summed E-state index contributed by atoms with van der Waals surface area (Å²) < 4.78 is 51.2. The lowest BCUT2D eigenvalue weighted by Crippen LogP contribution is -2.09. The van der Waals surface area contributed by atoms with Gasteiger partial charge in [-0.2, -0.15) is 4.57 Å². The quantitative estimate of drug-likeness (QED) is 0.129. The van der Waals surface area contributed by atoms with E-state index < -0.39 is 7.82 Å². The maximum Gasteiger partial charge on any atom is 0.647 e. The Hall–Kier alpha value is -5.65. The van der Waals surface area contributed by atoms with E-state index in [-0.39, 0.29) is 17.2 Å². The number of benzene rings is 6. The average molecular weight is 603 g/mol. The summed E-state index contributed by atoms with van der Waals surface area (Å²) in [6.07, 6.45) is 0. The van der Waals surface area contributed by atoms with E-state index in [2.05, 4.69) is 0 Å². The number of para-hydroxylation sites is 9. The minimum absolute atomic E-state index is 0.141. The molecule has 6 aromatic carbocycles. The first-order valence-corrected chi connectivity index (χ1v) is 15.2. The van der Waals surface area contributed by atoms with Gasteiger partial charge in [-0.05, 0) is 72.8 Å². The molecule has 0 aromatic heterocycles.